The van der Waals surface area contributed by atoms with Gasteiger partial charge in [-0.3, -0.25) is 0 Å². The second-order valence-electron chi connectivity index (χ2n) is 4.81. The van der Waals surface area contributed by atoms with Crippen LogP contribution < -0.4 is 0 Å². The third-order valence-corrected chi connectivity index (χ3v) is 4.18. The second-order valence-corrected chi connectivity index (χ2v) is 5.76. The summed E-state index contributed by atoms with van der Waals surface area (Å²) in [6.45, 7) is -0.306. The van der Waals surface area contributed by atoms with Crippen LogP contribution in [0.15, 0.2) is 64.1 Å². The van der Waals surface area contributed by atoms with Crippen molar-refractivity contribution in [2.24, 2.45) is 10.2 Å². The summed E-state index contributed by atoms with van der Waals surface area (Å²) < 4.78 is 14.1. The van der Waals surface area contributed by atoms with E-state index in [9.17, 15) is 9.50 Å². The SMILES string of the molecule is OCc1cc(N=Nc2ccc(-c3cccs3)cc2F)ccc1O. The van der Waals surface area contributed by atoms with Crippen LogP contribution in [0, 0.1) is 5.82 Å². The topological polar surface area (TPSA) is 65.2 Å². The summed E-state index contributed by atoms with van der Waals surface area (Å²) in [6, 6.07) is 13.1. The van der Waals surface area contributed by atoms with E-state index in [0.29, 0.717) is 11.3 Å². The third-order valence-electron chi connectivity index (χ3n) is 3.26. The van der Waals surface area contributed by atoms with Gasteiger partial charge in [0.15, 0.2) is 5.82 Å². The lowest BCUT2D eigenvalue weighted by Crippen LogP contribution is -1.83. The fourth-order valence-electron chi connectivity index (χ4n) is 2.06. The third kappa shape index (κ3) is 3.44. The van der Waals surface area contributed by atoms with Gasteiger partial charge in [-0.25, -0.2) is 4.39 Å². The van der Waals surface area contributed by atoms with Crippen molar-refractivity contribution in [3.05, 3.63) is 65.3 Å². The molecule has 4 nitrogen and oxygen atoms in total. The second kappa shape index (κ2) is 6.68. The van der Waals surface area contributed by atoms with Crippen LogP contribution in [0.1, 0.15) is 5.56 Å². The lowest BCUT2D eigenvalue weighted by Gasteiger charge is -2.02. The van der Waals surface area contributed by atoms with Gasteiger partial charge in [-0.1, -0.05) is 12.1 Å². The Hall–Kier alpha value is -2.57. The number of aromatic hydroxyl groups is 1. The van der Waals surface area contributed by atoms with Gasteiger partial charge in [-0.05, 0) is 47.3 Å². The number of nitrogens with zero attached hydrogens (tertiary/aromatic N) is 2. The normalized spacial score (nSPS) is 11.2. The molecule has 0 atom stereocenters. The maximum Gasteiger partial charge on any atom is 0.151 e. The van der Waals surface area contributed by atoms with Gasteiger partial charge in [0.05, 0.1) is 12.3 Å². The molecule has 6 heteroatoms. The molecule has 1 heterocycles. The number of aliphatic hydroxyl groups excluding tert-OH is 1. The molecule has 0 saturated heterocycles. The lowest BCUT2D eigenvalue weighted by atomic mass is 10.1. The van der Waals surface area contributed by atoms with Crippen LogP contribution >= 0.6 is 11.3 Å². The highest BCUT2D eigenvalue weighted by molar-refractivity contribution is 7.13. The Balaban J connectivity index is 1.85. The van der Waals surface area contributed by atoms with Gasteiger partial charge in [0.2, 0.25) is 0 Å². The summed E-state index contributed by atoms with van der Waals surface area (Å²) in [4.78, 5) is 0.985. The minimum Gasteiger partial charge on any atom is -0.508 e. The van der Waals surface area contributed by atoms with Crippen molar-refractivity contribution in [3.63, 3.8) is 0 Å². The molecule has 0 aliphatic rings. The molecule has 0 aliphatic heterocycles. The zero-order chi connectivity index (χ0) is 16.2. The van der Waals surface area contributed by atoms with Gasteiger partial charge in [-0.2, -0.15) is 5.11 Å². The minimum absolute atomic E-state index is 0.0158. The molecule has 0 aliphatic carbocycles. The Kier molecular flexibility index (Phi) is 4.45. The number of hydrogen-bond acceptors (Lipinski definition) is 5. The highest BCUT2D eigenvalue weighted by Crippen LogP contribution is 2.30. The molecule has 1 aromatic heterocycles. The first kappa shape index (κ1) is 15.3. The van der Waals surface area contributed by atoms with Crippen LogP contribution in [-0.2, 0) is 6.61 Å². The maximum absolute atomic E-state index is 14.1. The van der Waals surface area contributed by atoms with Crippen LogP contribution in [0.2, 0.25) is 0 Å². The average molecular weight is 328 g/mol. The Morgan fingerprint density at radius 3 is 2.61 bits per heavy atom. The van der Waals surface area contributed by atoms with E-state index in [4.69, 9.17) is 5.11 Å². The predicted octanol–water partition coefficient (Wildman–Crippen LogP) is 5.17. The Morgan fingerprint density at radius 2 is 1.91 bits per heavy atom. The van der Waals surface area contributed by atoms with Crippen molar-refractivity contribution in [3.8, 4) is 16.2 Å². The molecule has 3 rings (SSSR count). The van der Waals surface area contributed by atoms with E-state index < -0.39 is 5.82 Å². The van der Waals surface area contributed by atoms with Crippen LogP contribution in [0.25, 0.3) is 10.4 Å². The van der Waals surface area contributed by atoms with Gasteiger partial charge < -0.3 is 10.2 Å². The van der Waals surface area contributed by atoms with Crippen molar-refractivity contribution in [2.75, 3.05) is 0 Å². The standard InChI is InChI=1S/C17H13FN2O2S/c18-14-9-11(17-2-1-7-23-17)3-5-15(14)20-19-13-4-6-16(22)12(8-13)10-21/h1-9,21-22H,10H2. The molecule has 23 heavy (non-hydrogen) atoms. The predicted molar refractivity (Wildman–Crippen MR) is 87.9 cm³/mol. The van der Waals surface area contributed by atoms with Gasteiger partial charge >= 0.3 is 0 Å². The molecule has 0 radical (unpaired) electrons. The first-order chi connectivity index (χ1) is 11.2. The number of thiophene rings is 1. The Morgan fingerprint density at radius 1 is 1.04 bits per heavy atom. The quantitative estimate of drug-likeness (QED) is 0.649. The summed E-state index contributed by atoms with van der Waals surface area (Å²) in [5.41, 5.74) is 1.69. The van der Waals surface area contributed by atoms with E-state index in [1.165, 1.54) is 35.6 Å². The summed E-state index contributed by atoms with van der Waals surface area (Å²) in [7, 11) is 0. The summed E-state index contributed by atoms with van der Waals surface area (Å²) in [5, 5.41) is 28.4. The number of hydrogen-bond donors (Lipinski definition) is 2. The number of azo groups is 1. The lowest BCUT2D eigenvalue weighted by molar-refractivity contribution is 0.275. The van der Waals surface area contributed by atoms with Crippen molar-refractivity contribution < 1.29 is 14.6 Å². The van der Waals surface area contributed by atoms with Crippen LogP contribution in [0.5, 0.6) is 5.75 Å². The number of rotatable bonds is 4. The van der Waals surface area contributed by atoms with Crippen LogP contribution in [0.3, 0.4) is 0 Å². The van der Waals surface area contributed by atoms with Gasteiger partial charge in [0, 0.05) is 10.4 Å². The molecule has 2 N–H and O–H groups in total. The molecule has 0 amide bonds. The largest absolute Gasteiger partial charge is 0.508 e. The molecule has 116 valence electrons. The van der Waals surface area contributed by atoms with E-state index in [-0.39, 0.29) is 18.0 Å². The molecule has 0 spiro atoms. The molecule has 0 saturated carbocycles. The van der Waals surface area contributed by atoms with Crippen molar-refractivity contribution >= 4 is 22.7 Å². The average Bonchev–Trinajstić information content (AvgIpc) is 3.09. The number of aliphatic hydroxyl groups is 1. The summed E-state index contributed by atoms with van der Waals surface area (Å²) >= 11 is 1.54. The molecule has 0 fully saturated rings. The van der Waals surface area contributed by atoms with E-state index >= 15 is 0 Å². The first-order valence-electron chi connectivity index (χ1n) is 6.85. The molecule has 0 bridgehead atoms. The van der Waals surface area contributed by atoms with Gasteiger partial charge in [0.25, 0.3) is 0 Å². The van der Waals surface area contributed by atoms with Crippen molar-refractivity contribution in [2.45, 2.75) is 6.61 Å². The monoisotopic (exact) mass is 328 g/mol. The summed E-state index contributed by atoms with van der Waals surface area (Å²) in [6.07, 6.45) is 0. The molecular weight excluding hydrogens is 315 g/mol. The van der Waals surface area contributed by atoms with E-state index in [1.54, 1.807) is 12.1 Å². The Labute approximate surface area is 136 Å². The number of halogens is 1. The highest BCUT2D eigenvalue weighted by atomic mass is 32.1. The van der Waals surface area contributed by atoms with Crippen molar-refractivity contribution in [1.29, 1.82) is 0 Å². The first-order valence-corrected chi connectivity index (χ1v) is 7.73. The zero-order valence-electron chi connectivity index (χ0n) is 12.0. The zero-order valence-corrected chi connectivity index (χ0v) is 12.8. The smallest absolute Gasteiger partial charge is 0.151 e. The van der Waals surface area contributed by atoms with E-state index in [0.717, 1.165) is 10.4 Å². The van der Waals surface area contributed by atoms with E-state index in [1.807, 2.05) is 17.5 Å². The molecular formula is C17H13FN2O2S. The molecule has 0 unspecified atom stereocenters. The van der Waals surface area contributed by atoms with Crippen LogP contribution in [0.4, 0.5) is 15.8 Å². The number of phenols is 1. The van der Waals surface area contributed by atoms with Gasteiger partial charge in [-0.15, -0.1) is 16.5 Å². The fourth-order valence-corrected chi connectivity index (χ4v) is 2.78. The Bertz CT molecular complexity index is 848. The highest BCUT2D eigenvalue weighted by Gasteiger charge is 2.06. The van der Waals surface area contributed by atoms with Crippen molar-refractivity contribution in [1.82, 2.24) is 0 Å². The minimum atomic E-state index is -0.458. The summed E-state index contributed by atoms with van der Waals surface area (Å²) in [5.74, 6) is -0.473. The maximum atomic E-state index is 14.1. The van der Waals surface area contributed by atoms with Gasteiger partial charge in [0.1, 0.15) is 11.4 Å². The van der Waals surface area contributed by atoms with E-state index in [2.05, 4.69) is 10.2 Å². The number of benzene rings is 2. The molecule has 3 aromatic rings. The fraction of sp³-hybridized carbons (Fsp3) is 0.0588. The molecule has 2 aromatic carbocycles. The van der Waals surface area contributed by atoms with Crippen LogP contribution in [-0.4, -0.2) is 10.2 Å².